The number of nitrogens with one attached hydrogen (secondary N) is 1. The molecule has 5 nitrogen and oxygen atoms in total. The zero-order chi connectivity index (χ0) is 21.4. The average Bonchev–Trinajstić information content (AvgIpc) is 3.52. The third-order valence-electron chi connectivity index (χ3n) is 5.61. The van der Waals surface area contributed by atoms with Gasteiger partial charge >= 0.3 is 0 Å². The third kappa shape index (κ3) is 3.73. The van der Waals surface area contributed by atoms with Gasteiger partial charge in [-0.2, -0.15) is 0 Å². The molecule has 0 saturated carbocycles. The van der Waals surface area contributed by atoms with E-state index in [1.54, 1.807) is 6.26 Å². The molecular weight excluding hydrogens is 428 g/mol. The molecule has 1 aromatic carbocycles. The average molecular weight is 449 g/mol. The van der Waals surface area contributed by atoms with E-state index in [-0.39, 0.29) is 12.1 Å². The molecule has 0 radical (unpaired) electrons. The van der Waals surface area contributed by atoms with Crippen LogP contribution >= 0.6 is 23.8 Å². The second-order valence-electron chi connectivity index (χ2n) is 7.57. The van der Waals surface area contributed by atoms with Crippen LogP contribution < -0.4 is 5.32 Å². The highest BCUT2D eigenvalue weighted by atomic mass is 35.5. The van der Waals surface area contributed by atoms with Crippen molar-refractivity contribution in [3.05, 3.63) is 107 Å². The maximum atomic E-state index is 6.27. The van der Waals surface area contributed by atoms with Crippen molar-refractivity contribution in [2.75, 3.05) is 0 Å². The second kappa shape index (κ2) is 8.21. The molecule has 1 saturated heterocycles. The molecule has 4 heterocycles. The van der Waals surface area contributed by atoms with Gasteiger partial charge in [-0.15, -0.1) is 0 Å². The van der Waals surface area contributed by atoms with Gasteiger partial charge in [0.1, 0.15) is 5.76 Å². The highest BCUT2D eigenvalue weighted by Crippen LogP contribution is 2.40. The van der Waals surface area contributed by atoms with Gasteiger partial charge < -0.3 is 19.2 Å². The van der Waals surface area contributed by atoms with E-state index in [4.69, 9.17) is 28.2 Å². The summed E-state index contributed by atoms with van der Waals surface area (Å²) in [5.41, 5.74) is 4.14. The molecule has 7 heteroatoms. The highest BCUT2D eigenvalue weighted by molar-refractivity contribution is 7.80. The fraction of sp³-hybridized carbons (Fsp3) is 0.167. The number of pyridine rings is 1. The van der Waals surface area contributed by atoms with Crippen LogP contribution in [0.1, 0.15) is 34.8 Å². The first-order valence-electron chi connectivity index (χ1n) is 10.1. The number of nitrogens with zero attached hydrogens (tertiary/aromatic N) is 3. The molecule has 0 unspecified atom stereocenters. The lowest BCUT2D eigenvalue weighted by Crippen LogP contribution is -2.29. The van der Waals surface area contributed by atoms with Crippen LogP contribution in [0.5, 0.6) is 0 Å². The fourth-order valence-electron chi connectivity index (χ4n) is 4.12. The smallest absolute Gasteiger partial charge is 0.170 e. The summed E-state index contributed by atoms with van der Waals surface area (Å²) in [5, 5.41) is 4.92. The van der Waals surface area contributed by atoms with Crippen LogP contribution in [0, 0.1) is 6.92 Å². The lowest BCUT2D eigenvalue weighted by molar-refractivity contribution is 0.280. The molecule has 0 bridgehead atoms. The van der Waals surface area contributed by atoms with E-state index in [0.717, 1.165) is 33.4 Å². The van der Waals surface area contributed by atoms with Gasteiger partial charge in [0.15, 0.2) is 5.11 Å². The minimum absolute atomic E-state index is 0.0708. The molecule has 4 aromatic rings. The van der Waals surface area contributed by atoms with Gasteiger partial charge in [0.25, 0.3) is 0 Å². The molecule has 0 spiro atoms. The lowest BCUT2D eigenvalue weighted by atomic mass is 10.0. The highest BCUT2D eigenvalue weighted by Gasteiger charge is 2.41. The number of rotatable bonds is 5. The van der Waals surface area contributed by atoms with E-state index in [1.165, 1.54) is 0 Å². The zero-order valence-corrected chi connectivity index (χ0v) is 18.5. The van der Waals surface area contributed by atoms with Gasteiger partial charge in [0.2, 0.25) is 0 Å². The topological polar surface area (TPSA) is 46.2 Å². The molecule has 156 valence electrons. The van der Waals surface area contributed by atoms with Crippen molar-refractivity contribution in [1.29, 1.82) is 0 Å². The molecule has 31 heavy (non-hydrogen) atoms. The molecule has 5 rings (SSSR count). The number of benzene rings is 1. The molecule has 1 N–H and O–H groups in total. The van der Waals surface area contributed by atoms with Crippen molar-refractivity contribution in [2.45, 2.75) is 25.6 Å². The Hall–Kier alpha value is -3.09. The van der Waals surface area contributed by atoms with E-state index in [2.05, 4.69) is 44.2 Å². The van der Waals surface area contributed by atoms with Crippen molar-refractivity contribution < 1.29 is 4.42 Å². The molecule has 0 amide bonds. The van der Waals surface area contributed by atoms with Crippen LogP contribution in [0.25, 0.3) is 5.69 Å². The van der Waals surface area contributed by atoms with Crippen LogP contribution in [0.2, 0.25) is 5.02 Å². The summed E-state index contributed by atoms with van der Waals surface area (Å²) in [7, 11) is 0. The van der Waals surface area contributed by atoms with Crippen LogP contribution in [0.3, 0.4) is 0 Å². The maximum absolute atomic E-state index is 6.27. The quantitative estimate of drug-likeness (QED) is 0.402. The Morgan fingerprint density at radius 1 is 1.13 bits per heavy atom. The molecular formula is C24H21ClN4OS. The Kier molecular flexibility index (Phi) is 5.26. The standard InChI is InChI=1S/C24H21ClN4OS/c1-16-14-17(9-10-19(16)25)28-12-4-8-21(28)23-22(20-7-2-3-11-26-20)27-24(31)29(23)15-18-6-5-13-30-18/h2-14,22-23H,15H2,1H3,(H,27,31)/t22-,23+/m1/s1. The summed E-state index contributed by atoms with van der Waals surface area (Å²) in [6.45, 7) is 2.58. The van der Waals surface area contributed by atoms with Gasteiger partial charge in [0, 0.05) is 28.8 Å². The minimum Gasteiger partial charge on any atom is -0.467 e. The predicted molar refractivity (Wildman–Crippen MR) is 125 cm³/mol. The van der Waals surface area contributed by atoms with E-state index in [0.29, 0.717) is 11.7 Å². The first-order chi connectivity index (χ1) is 15.1. The van der Waals surface area contributed by atoms with Gasteiger partial charge in [-0.05, 0) is 79.3 Å². The van der Waals surface area contributed by atoms with Crippen LogP contribution in [0.4, 0.5) is 0 Å². The number of aromatic nitrogens is 2. The number of hydrogen-bond donors (Lipinski definition) is 1. The van der Waals surface area contributed by atoms with Crippen molar-refractivity contribution in [3.63, 3.8) is 0 Å². The Bertz CT molecular complexity index is 1210. The number of hydrogen-bond acceptors (Lipinski definition) is 3. The fourth-order valence-corrected chi connectivity index (χ4v) is 4.54. The molecule has 1 aliphatic heterocycles. The molecule has 0 aliphatic carbocycles. The lowest BCUT2D eigenvalue weighted by Gasteiger charge is -2.28. The summed E-state index contributed by atoms with van der Waals surface area (Å²) in [6.07, 6.45) is 5.57. The van der Waals surface area contributed by atoms with Gasteiger partial charge in [-0.1, -0.05) is 17.7 Å². The summed E-state index contributed by atoms with van der Waals surface area (Å²) >= 11 is 12.0. The van der Waals surface area contributed by atoms with Gasteiger partial charge in [0.05, 0.1) is 30.6 Å². The molecule has 3 aromatic heterocycles. The van der Waals surface area contributed by atoms with Crippen molar-refractivity contribution in [3.8, 4) is 5.69 Å². The van der Waals surface area contributed by atoms with E-state index in [1.807, 2.05) is 55.6 Å². The number of aryl methyl sites for hydroxylation is 1. The van der Waals surface area contributed by atoms with E-state index >= 15 is 0 Å². The number of halogens is 1. The zero-order valence-electron chi connectivity index (χ0n) is 16.9. The Labute approximate surface area is 191 Å². The first kappa shape index (κ1) is 19.8. The second-order valence-corrected chi connectivity index (χ2v) is 8.36. The number of thiocarbonyl (C=S) groups is 1. The third-order valence-corrected chi connectivity index (χ3v) is 6.38. The Morgan fingerprint density at radius 3 is 2.77 bits per heavy atom. The van der Waals surface area contributed by atoms with Crippen molar-refractivity contribution in [2.24, 2.45) is 0 Å². The SMILES string of the molecule is Cc1cc(-n2cccc2[C@H]2[C@@H](c3ccccn3)NC(=S)N2Cc2ccco2)ccc1Cl. The van der Waals surface area contributed by atoms with E-state index in [9.17, 15) is 0 Å². The van der Waals surface area contributed by atoms with Crippen molar-refractivity contribution in [1.82, 2.24) is 19.8 Å². The Morgan fingerprint density at radius 2 is 2.03 bits per heavy atom. The molecule has 1 fully saturated rings. The van der Waals surface area contributed by atoms with Crippen LogP contribution in [-0.2, 0) is 6.54 Å². The number of furan rings is 1. The van der Waals surface area contributed by atoms with E-state index < -0.39 is 0 Å². The van der Waals surface area contributed by atoms with Crippen LogP contribution in [-0.4, -0.2) is 19.6 Å². The normalized spacial score (nSPS) is 18.4. The summed E-state index contributed by atoms with van der Waals surface area (Å²) < 4.78 is 7.82. The monoisotopic (exact) mass is 448 g/mol. The molecule has 1 aliphatic rings. The minimum atomic E-state index is -0.0919. The largest absolute Gasteiger partial charge is 0.467 e. The maximum Gasteiger partial charge on any atom is 0.170 e. The summed E-state index contributed by atoms with van der Waals surface area (Å²) in [4.78, 5) is 6.78. The van der Waals surface area contributed by atoms with Gasteiger partial charge in [-0.3, -0.25) is 4.98 Å². The summed E-state index contributed by atoms with van der Waals surface area (Å²) in [6, 6.07) is 19.9. The first-order valence-corrected chi connectivity index (χ1v) is 10.8. The molecule has 2 atom stereocenters. The summed E-state index contributed by atoms with van der Waals surface area (Å²) in [5.74, 6) is 0.858. The van der Waals surface area contributed by atoms with Crippen LogP contribution in [0.15, 0.2) is 83.7 Å². The Balaban J connectivity index is 1.61. The van der Waals surface area contributed by atoms with Crippen molar-refractivity contribution >= 4 is 28.9 Å². The van der Waals surface area contributed by atoms with Gasteiger partial charge in [-0.25, -0.2) is 0 Å². The predicted octanol–water partition coefficient (Wildman–Crippen LogP) is 5.60.